The molecule has 0 unspecified atom stereocenters. The Morgan fingerprint density at radius 3 is 2.75 bits per heavy atom. The molecule has 0 radical (unpaired) electrons. The van der Waals surface area contributed by atoms with Crippen molar-refractivity contribution < 1.29 is 4.79 Å². The fourth-order valence-electron chi connectivity index (χ4n) is 2.00. The monoisotopic (exact) mass is 267 g/mol. The second-order valence-electron chi connectivity index (χ2n) is 5.14. The molecule has 20 heavy (non-hydrogen) atoms. The van der Waals surface area contributed by atoms with Gasteiger partial charge in [-0.25, -0.2) is 0 Å². The summed E-state index contributed by atoms with van der Waals surface area (Å²) in [6, 6.07) is 8.74. The fraction of sp³-hybridized carbons (Fsp3) is 0.286. The number of nitriles is 2. The molecule has 1 aromatic carbocycles. The molecule has 6 nitrogen and oxygen atoms in total. The zero-order chi connectivity index (χ0) is 14.8. The van der Waals surface area contributed by atoms with Gasteiger partial charge in [0.15, 0.2) is 0 Å². The molecule has 0 aromatic heterocycles. The number of nitrogens with zero attached hydrogens (tertiary/aromatic N) is 3. The SMILES string of the molecule is CC1(C)Cc2c(NN=C(C#N)C#N)cccc2NC1=O. The van der Waals surface area contributed by atoms with Gasteiger partial charge in [0.1, 0.15) is 12.1 Å². The first kappa shape index (κ1) is 13.6. The van der Waals surface area contributed by atoms with E-state index in [9.17, 15) is 4.79 Å². The summed E-state index contributed by atoms with van der Waals surface area (Å²) < 4.78 is 0. The van der Waals surface area contributed by atoms with Crippen molar-refractivity contribution >= 4 is 23.0 Å². The molecule has 2 rings (SSSR count). The third-order valence-electron chi connectivity index (χ3n) is 3.16. The smallest absolute Gasteiger partial charge is 0.237 e. The molecule has 0 saturated carbocycles. The summed E-state index contributed by atoms with van der Waals surface area (Å²) in [5.41, 5.74) is 4.28. The Hall–Kier alpha value is -2.86. The summed E-state index contributed by atoms with van der Waals surface area (Å²) in [5, 5.41) is 23.9. The van der Waals surface area contributed by atoms with Gasteiger partial charge in [0.05, 0.1) is 5.69 Å². The van der Waals surface area contributed by atoms with E-state index in [-0.39, 0.29) is 11.6 Å². The average Bonchev–Trinajstić information content (AvgIpc) is 2.41. The summed E-state index contributed by atoms with van der Waals surface area (Å²) in [6.45, 7) is 3.72. The van der Waals surface area contributed by atoms with Crippen LogP contribution in [0.15, 0.2) is 23.3 Å². The lowest BCUT2D eigenvalue weighted by molar-refractivity contribution is -0.124. The van der Waals surface area contributed by atoms with Crippen LogP contribution in [0.4, 0.5) is 11.4 Å². The molecular weight excluding hydrogens is 254 g/mol. The van der Waals surface area contributed by atoms with Gasteiger partial charge in [0, 0.05) is 16.7 Å². The number of anilines is 2. The van der Waals surface area contributed by atoms with Crippen LogP contribution in [0.1, 0.15) is 19.4 Å². The number of carbonyl (C=O) groups is 1. The lowest BCUT2D eigenvalue weighted by Gasteiger charge is -2.31. The normalized spacial score (nSPS) is 15.1. The number of amides is 1. The highest BCUT2D eigenvalue weighted by Gasteiger charge is 2.34. The second-order valence-corrected chi connectivity index (χ2v) is 5.14. The molecule has 0 atom stereocenters. The minimum Gasteiger partial charge on any atom is -0.325 e. The van der Waals surface area contributed by atoms with E-state index in [1.807, 2.05) is 19.9 Å². The Kier molecular flexibility index (Phi) is 3.41. The highest BCUT2D eigenvalue weighted by molar-refractivity contribution is 6.10. The van der Waals surface area contributed by atoms with Crippen LogP contribution in [0.25, 0.3) is 0 Å². The minimum absolute atomic E-state index is 0.0274. The third-order valence-corrected chi connectivity index (χ3v) is 3.16. The molecule has 1 aliphatic heterocycles. The van der Waals surface area contributed by atoms with Crippen molar-refractivity contribution in [3.63, 3.8) is 0 Å². The molecule has 0 bridgehead atoms. The van der Waals surface area contributed by atoms with Gasteiger partial charge in [0.2, 0.25) is 11.6 Å². The average molecular weight is 267 g/mol. The van der Waals surface area contributed by atoms with Crippen molar-refractivity contribution in [1.29, 1.82) is 10.5 Å². The third kappa shape index (κ3) is 2.45. The van der Waals surface area contributed by atoms with Crippen LogP contribution < -0.4 is 10.7 Å². The van der Waals surface area contributed by atoms with Crippen LogP contribution in [0.3, 0.4) is 0 Å². The molecular formula is C14H13N5O. The van der Waals surface area contributed by atoms with Crippen molar-refractivity contribution in [3.05, 3.63) is 23.8 Å². The number of hydrazone groups is 1. The van der Waals surface area contributed by atoms with Crippen LogP contribution in [-0.2, 0) is 11.2 Å². The van der Waals surface area contributed by atoms with E-state index in [0.717, 1.165) is 11.3 Å². The highest BCUT2D eigenvalue weighted by atomic mass is 16.2. The van der Waals surface area contributed by atoms with Crippen molar-refractivity contribution in [2.75, 3.05) is 10.7 Å². The summed E-state index contributed by atoms with van der Waals surface area (Å²) in [5.74, 6) is -0.0274. The number of benzene rings is 1. The maximum absolute atomic E-state index is 11.9. The molecule has 0 spiro atoms. The Morgan fingerprint density at radius 2 is 2.10 bits per heavy atom. The number of rotatable bonds is 2. The van der Waals surface area contributed by atoms with Gasteiger partial charge in [-0.15, -0.1) is 0 Å². The molecule has 1 amide bonds. The number of hydrogen-bond acceptors (Lipinski definition) is 5. The van der Waals surface area contributed by atoms with Crippen molar-refractivity contribution in [2.45, 2.75) is 20.3 Å². The van der Waals surface area contributed by atoms with Crippen LogP contribution in [0.2, 0.25) is 0 Å². The van der Waals surface area contributed by atoms with E-state index in [1.165, 1.54) is 0 Å². The molecule has 0 aliphatic carbocycles. The molecule has 6 heteroatoms. The number of carbonyl (C=O) groups excluding carboxylic acids is 1. The van der Waals surface area contributed by atoms with E-state index >= 15 is 0 Å². The second kappa shape index (κ2) is 5.02. The maximum atomic E-state index is 11.9. The van der Waals surface area contributed by atoms with E-state index in [2.05, 4.69) is 15.8 Å². The lowest BCUT2D eigenvalue weighted by Crippen LogP contribution is -2.37. The Morgan fingerprint density at radius 1 is 1.40 bits per heavy atom. The Balaban J connectivity index is 2.37. The first-order valence-electron chi connectivity index (χ1n) is 6.05. The summed E-state index contributed by atoms with van der Waals surface area (Å²) in [7, 11) is 0. The maximum Gasteiger partial charge on any atom is 0.237 e. The number of nitrogens with one attached hydrogen (secondary N) is 2. The van der Waals surface area contributed by atoms with Gasteiger partial charge >= 0.3 is 0 Å². The largest absolute Gasteiger partial charge is 0.325 e. The first-order chi connectivity index (χ1) is 9.47. The standard InChI is InChI=1S/C14H13N5O/c1-14(2)6-10-11(17-13(14)20)4-3-5-12(10)19-18-9(7-15)8-16/h3-5,19H,6H2,1-2H3,(H,17,20). The fourth-order valence-corrected chi connectivity index (χ4v) is 2.00. The predicted octanol–water partition coefficient (Wildman–Crippen LogP) is 2.02. The minimum atomic E-state index is -0.512. The number of fused-ring (bicyclic) bond motifs is 1. The molecule has 1 aromatic rings. The lowest BCUT2D eigenvalue weighted by atomic mass is 9.81. The molecule has 100 valence electrons. The topological polar surface area (TPSA) is 101 Å². The van der Waals surface area contributed by atoms with Gasteiger partial charge in [0.25, 0.3) is 0 Å². The molecule has 1 aliphatic rings. The van der Waals surface area contributed by atoms with E-state index < -0.39 is 5.41 Å². The van der Waals surface area contributed by atoms with Gasteiger partial charge in [-0.2, -0.15) is 15.6 Å². The van der Waals surface area contributed by atoms with E-state index in [1.54, 1.807) is 24.3 Å². The van der Waals surface area contributed by atoms with Gasteiger partial charge in [-0.1, -0.05) is 19.9 Å². The van der Waals surface area contributed by atoms with Crippen LogP contribution in [0.5, 0.6) is 0 Å². The quantitative estimate of drug-likeness (QED) is 0.632. The Bertz CT molecular complexity index is 660. The summed E-state index contributed by atoms with van der Waals surface area (Å²) in [6.07, 6.45) is 0.557. The zero-order valence-corrected chi connectivity index (χ0v) is 11.2. The van der Waals surface area contributed by atoms with Gasteiger partial charge in [-0.05, 0) is 18.6 Å². The van der Waals surface area contributed by atoms with Gasteiger partial charge < -0.3 is 5.32 Å². The van der Waals surface area contributed by atoms with E-state index in [0.29, 0.717) is 12.1 Å². The highest BCUT2D eigenvalue weighted by Crippen LogP contribution is 2.37. The van der Waals surface area contributed by atoms with Crippen LogP contribution in [-0.4, -0.2) is 11.6 Å². The van der Waals surface area contributed by atoms with Crippen molar-refractivity contribution in [1.82, 2.24) is 0 Å². The number of hydrogen-bond donors (Lipinski definition) is 2. The van der Waals surface area contributed by atoms with Crippen LogP contribution in [0, 0.1) is 28.1 Å². The first-order valence-corrected chi connectivity index (χ1v) is 6.05. The molecule has 0 fully saturated rings. The predicted molar refractivity (Wildman–Crippen MR) is 74.8 cm³/mol. The Labute approximate surface area is 116 Å². The zero-order valence-electron chi connectivity index (χ0n) is 11.2. The molecule has 1 heterocycles. The summed E-state index contributed by atoms with van der Waals surface area (Å²) in [4.78, 5) is 11.9. The molecule has 2 N–H and O–H groups in total. The molecule has 0 saturated heterocycles. The summed E-state index contributed by atoms with van der Waals surface area (Å²) >= 11 is 0. The van der Waals surface area contributed by atoms with Crippen LogP contribution >= 0.6 is 0 Å². The van der Waals surface area contributed by atoms with E-state index in [4.69, 9.17) is 10.5 Å². The van der Waals surface area contributed by atoms with Gasteiger partial charge in [-0.3, -0.25) is 10.2 Å². The van der Waals surface area contributed by atoms with Crippen molar-refractivity contribution in [3.8, 4) is 12.1 Å². The van der Waals surface area contributed by atoms with Crippen molar-refractivity contribution in [2.24, 2.45) is 10.5 Å².